The summed E-state index contributed by atoms with van der Waals surface area (Å²) in [6.07, 6.45) is -4.74. The second kappa shape index (κ2) is 1.85. The lowest BCUT2D eigenvalue weighted by molar-refractivity contribution is -0.0408. The molecule has 0 aromatic rings. The second-order valence-electron chi connectivity index (χ2n) is 2.03. The number of alkyl halides is 4. The second-order valence-corrected chi connectivity index (χ2v) is 2.03. The monoisotopic (exact) mass is 141 g/mol. The molecule has 1 rings (SSSR count). The Morgan fingerprint density at radius 3 is 2.00 bits per heavy atom. The molecule has 2 atom stereocenters. The fraction of sp³-hybridized carbons (Fsp3) is 0.800. The molecule has 2 unspecified atom stereocenters. The van der Waals surface area contributed by atoms with Gasteiger partial charge in [0.15, 0.2) is 6.17 Å². The van der Waals surface area contributed by atoms with Crippen molar-refractivity contribution in [2.24, 2.45) is 0 Å². The molecule has 0 amide bonds. The number of rotatable bonds is 0. The smallest absolute Gasteiger partial charge is 0.244 e. The third-order valence-electron chi connectivity index (χ3n) is 1.30. The molecule has 1 radical (unpaired) electrons. The Hall–Kier alpha value is -0.280. The molecule has 0 N–H and O–H groups in total. The van der Waals surface area contributed by atoms with Crippen molar-refractivity contribution in [3.8, 4) is 0 Å². The summed E-state index contributed by atoms with van der Waals surface area (Å²) in [5.74, 6) is -3.54. The summed E-state index contributed by atoms with van der Waals surface area (Å²) in [7, 11) is 0. The predicted molar refractivity (Wildman–Crippen MR) is 23.7 cm³/mol. The molecular formula is C5H5F4. The Morgan fingerprint density at radius 2 is 1.89 bits per heavy atom. The van der Waals surface area contributed by atoms with E-state index in [1.54, 1.807) is 0 Å². The van der Waals surface area contributed by atoms with E-state index < -0.39 is 24.7 Å². The van der Waals surface area contributed by atoms with Crippen LogP contribution in [-0.2, 0) is 0 Å². The zero-order valence-electron chi connectivity index (χ0n) is 4.45. The summed E-state index contributed by atoms with van der Waals surface area (Å²) < 4.78 is 47.7. The van der Waals surface area contributed by atoms with Crippen LogP contribution in [-0.4, -0.2) is 18.3 Å². The third kappa shape index (κ3) is 1.02. The highest BCUT2D eigenvalue weighted by Crippen LogP contribution is 2.38. The Kier molecular flexibility index (Phi) is 1.41. The van der Waals surface area contributed by atoms with Crippen molar-refractivity contribution in [3.05, 3.63) is 6.42 Å². The zero-order chi connectivity index (χ0) is 7.07. The minimum absolute atomic E-state index is 0.377. The molecule has 1 aliphatic rings. The number of halogens is 4. The van der Waals surface area contributed by atoms with Crippen molar-refractivity contribution in [2.75, 3.05) is 0 Å². The van der Waals surface area contributed by atoms with Crippen LogP contribution in [0.1, 0.15) is 6.42 Å². The zero-order valence-corrected chi connectivity index (χ0v) is 4.45. The molecular weight excluding hydrogens is 136 g/mol. The van der Waals surface area contributed by atoms with Crippen LogP contribution in [0.25, 0.3) is 0 Å². The lowest BCUT2D eigenvalue weighted by Gasteiger charge is -2.10. The number of hydrogen-bond donors (Lipinski definition) is 0. The lowest BCUT2D eigenvalue weighted by Crippen LogP contribution is -2.28. The first-order valence-electron chi connectivity index (χ1n) is 2.54. The standard InChI is InChI=1S/C5H5F4/c6-3-1-2-5(8,9)4(3)7/h2-4H,1H2. The first kappa shape index (κ1) is 6.83. The molecule has 1 fully saturated rings. The van der Waals surface area contributed by atoms with Crippen LogP contribution in [0.3, 0.4) is 0 Å². The van der Waals surface area contributed by atoms with Gasteiger partial charge in [-0.2, -0.15) is 0 Å². The van der Waals surface area contributed by atoms with Crippen LogP contribution in [0, 0.1) is 6.42 Å². The van der Waals surface area contributed by atoms with Crippen molar-refractivity contribution in [2.45, 2.75) is 24.7 Å². The fourth-order valence-corrected chi connectivity index (χ4v) is 0.743. The first-order chi connectivity index (χ1) is 4.04. The van der Waals surface area contributed by atoms with Crippen molar-refractivity contribution in [1.29, 1.82) is 0 Å². The molecule has 4 heteroatoms. The summed E-state index contributed by atoms with van der Waals surface area (Å²) in [6, 6.07) is 0. The lowest BCUT2D eigenvalue weighted by atomic mass is 10.3. The Balaban J connectivity index is 2.62. The van der Waals surface area contributed by atoms with Crippen molar-refractivity contribution < 1.29 is 17.6 Å². The molecule has 0 bridgehead atoms. The van der Waals surface area contributed by atoms with Gasteiger partial charge >= 0.3 is 0 Å². The molecule has 0 aromatic heterocycles. The summed E-state index contributed by atoms with van der Waals surface area (Å²) >= 11 is 0. The molecule has 1 aliphatic carbocycles. The van der Waals surface area contributed by atoms with Gasteiger partial charge in [0.25, 0.3) is 5.92 Å². The fourth-order valence-electron chi connectivity index (χ4n) is 0.743. The average Bonchev–Trinajstić information content (AvgIpc) is 1.97. The number of hydrogen-bond acceptors (Lipinski definition) is 0. The van der Waals surface area contributed by atoms with Gasteiger partial charge in [0, 0.05) is 6.42 Å². The Labute approximate surface area is 49.9 Å². The summed E-state index contributed by atoms with van der Waals surface area (Å²) in [6.45, 7) is 0. The topological polar surface area (TPSA) is 0 Å². The van der Waals surface area contributed by atoms with E-state index in [2.05, 4.69) is 0 Å². The molecule has 0 aliphatic heterocycles. The minimum Gasteiger partial charge on any atom is -0.244 e. The maximum absolute atomic E-state index is 11.9. The first-order valence-corrected chi connectivity index (χ1v) is 2.54. The van der Waals surface area contributed by atoms with Gasteiger partial charge in [-0.25, -0.2) is 17.6 Å². The largest absolute Gasteiger partial charge is 0.284 e. The molecule has 9 heavy (non-hydrogen) atoms. The normalized spacial score (nSPS) is 41.3. The molecule has 53 valence electrons. The van der Waals surface area contributed by atoms with Crippen LogP contribution in [0.5, 0.6) is 0 Å². The maximum Gasteiger partial charge on any atom is 0.284 e. The molecule has 0 heterocycles. The molecule has 0 saturated heterocycles. The predicted octanol–water partition coefficient (Wildman–Crippen LogP) is 1.91. The van der Waals surface area contributed by atoms with E-state index in [0.717, 1.165) is 0 Å². The van der Waals surface area contributed by atoms with Gasteiger partial charge < -0.3 is 0 Å². The van der Waals surface area contributed by atoms with E-state index in [-0.39, 0.29) is 0 Å². The molecule has 0 nitrogen and oxygen atoms in total. The van der Waals surface area contributed by atoms with Gasteiger partial charge in [0.1, 0.15) is 6.17 Å². The van der Waals surface area contributed by atoms with E-state index in [1.807, 2.05) is 0 Å². The Bertz CT molecular complexity index is 112. The minimum atomic E-state index is -3.54. The third-order valence-corrected chi connectivity index (χ3v) is 1.30. The maximum atomic E-state index is 11.9. The highest BCUT2D eigenvalue weighted by molar-refractivity contribution is 5.03. The molecule has 0 aromatic carbocycles. The van der Waals surface area contributed by atoms with Gasteiger partial charge in [0.05, 0.1) is 0 Å². The van der Waals surface area contributed by atoms with Crippen molar-refractivity contribution >= 4 is 0 Å². The van der Waals surface area contributed by atoms with Crippen LogP contribution in [0.15, 0.2) is 0 Å². The Morgan fingerprint density at radius 1 is 1.33 bits per heavy atom. The summed E-state index contributed by atoms with van der Waals surface area (Å²) in [5, 5.41) is 0. The van der Waals surface area contributed by atoms with Crippen LogP contribution in [0.2, 0.25) is 0 Å². The SMILES string of the molecule is FC1C[CH]C(F)(F)C1F. The van der Waals surface area contributed by atoms with E-state index in [1.165, 1.54) is 0 Å². The highest BCUT2D eigenvalue weighted by Gasteiger charge is 2.51. The van der Waals surface area contributed by atoms with Gasteiger partial charge in [-0.05, 0) is 6.42 Å². The van der Waals surface area contributed by atoms with E-state index >= 15 is 0 Å². The van der Waals surface area contributed by atoms with Crippen molar-refractivity contribution in [1.82, 2.24) is 0 Å². The van der Waals surface area contributed by atoms with E-state index in [9.17, 15) is 17.6 Å². The van der Waals surface area contributed by atoms with E-state index in [4.69, 9.17) is 0 Å². The molecule has 0 spiro atoms. The van der Waals surface area contributed by atoms with Crippen molar-refractivity contribution in [3.63, 3.8) is 0 Å². The summed E-state index contributed by atoms with van der Waals surface area (Å²) in [5.41, 5.74) is 0. The quantitative estimate of drug-likeness (QED) is 0.452. The van der Waals surface area contributed by atoms with Gasteiger partial charge in [-0.3, -0.25) is 0 Å². The van der Waals surface area contributed by atoms with Gasteiger partial charge in [-0.1, -0.05) is 0 Å². The molecule has 1 saturated carbocycles. The van der Waals surface area contributed by atoms with Gasteiger partial charge in [0.2, 0.25) is 0 Å². The van der Waals surface area contributed by atoms with E-state index in [0.29, 0.717) is 6.42 Å². The van der Waals surface area contributed by atoms with Crippen LogP contribution < -0.4 is 0 Å². The van der Waals surface area contributed by atoms with Crippen LogP contribution >= 0.6 is 0 Å². The highest BCUT2D eigenvalue weighted by atomic mass is 19.3. The van der Waals surface area contributed by atoms with Gasteiger partial charge in [-0.15, -0.1) is 0 Å². The average molecular weight is 141 g/mol. The summed E-state index contributed by atoms with van der Waals surface area (Å²) in [4.78, 5) is 0. The van der Waals surface area contributed by atoms with Crippen LogP contribution in [0.4, 0.5) is 17.6 Å².